The van der Waals surface area contributed by atoms with Crippen molar-refractivity contribution in [2.45, 2.75) is 59.9 Å². The second-order valence-corrected chi connectivity index (χ2v) is 4.90. The molecule has 0 radical (unpaired) electrons. The van der Waals surface area contributed by atoms with Crippen LogP contribution in [0, 0.1) is 5.92 Å². The lowest BCUT2D eigenvalue weighted by atomic mass is 10.1. The van der Waals surface area contributed by atoms with Crippen molar-refractivity contribution in [2.24, 2.45) is 5.92 Å². The van der Waals surface area contributed by atoms with Gasteiger partial charge in [-0.1, -0.05) is 39.8 Å². The topological polar surface area (TPSA) is 58.2 Å². The molecule has 0 aliphatic carbocycles. The van der Waals surface area contributed by atoms with Gasteiger partial charge >= 0.3 is 0 Å². The number of nitrogens with one attached hydrogen (secondary N) is 2. The zero-order valence-electron chi connectivity index (χ0n) is 14.0. The predicted octanol–water partition coefficient (Wildman–Crippen LogP) is 2.69. The molecule has 0 aromatic carbocycles. The van der Waals surface area contributed by atoms with Crippen LogP contribution in [0.3, 0.4) is 0 Å². The Morgan fingerprint density at radius 1 is 1.15 bits per heavy atom. The zero-order chi connectivity index (χ0) is 16.0. The molecule has 4 nitrogen and oxygen atoms in total. The van der Waals surface area contributed by atoms with Crippen LogP contribution in [0.4, 0.5) is 0 Å². The maximum Gasteiger partial charge on any atom is 0.220 e. The summed E-state index contributed by atoms with van der Waals surface area (Å²) in [5, 5.41) is 5.77. The van der Waals surface area contributed by atoms with Crippen molar-refractivity contribution in [1.29, 1.82) is 0 Å². The van der Waals surface area contributed by atoms with Gasteiger partial charge < -0.3 is 10.6 Å². The highest BCUT2D eigenvalue weighted by molar-refractivity contribution is 5.81. The molecule has 2 N–H and O–H groups in total. The Labute approximate surface area is 124 Å². The molecule has 0 rings (SSSR count). The van der Waals surface area contributed by atoms with Gasteiger partial charge in [0.25, 0.3) is 0 Å². The highest BCUT2D eigenvalue weighted by Gasteiger charge is 2.08. The van der Waals surface area contributed by atoms with Crippen molar-refractivity contribution in [3.8, 4) is 0 Å². The monoisotopic (exact) mass is 284 g/mol. The molecule has 0 bridgehead atoms. The molecule has 0 aromatic rings. The van der Waals surface area contributed by atoms with Crippen LogP contribution in [0.2, 0.25) is 0 Å². The fraction of sp³-hybridized carbons (Fsp3) is 0.750. The largest absolute Gasteiger partial charge is 0.353 e. The standard InChI is InChI=1S/C14H26N2O2.C2H6/c1-11(2)8-9-14(18)16-10-6-5-7-13(15-4)12(3)17;1-2/h5-6,11,13,15H,7-10H2,1-4H3,(H,16,18);1-2H3/b6-5-;. The van der Waals surface area contributed by atoms with Gasteiger partial charge in [-0.2, -0.15) is 0 Å². The lowest BCUT2D eigenvalue weighted by molar-refractivity contribution is -0.121. The molecule has 118 valence electrons. The van der Waals surface area contributed by atoms with Gasteiger partial charge in [-0.3, -0.25) is 9.59 Å². The van der Waals surface area contributed by atoms with Crippen LogP contribution in [0.25, 0.3) is 0 Å². The molecule has 4 heteroatoms. The van der Waals surface area contributed by atoms with E-state index in [9.17, 15) is 9.59 Å². The first-order valence-corrected chi connectivity index (χ1v) is 7.56. The van der Waals surface area contributed by atoms with E-state index in [-0.39, 0.29) is 17.7 Å². The van der Waals surface area contributed by atoms with Crippen LogP contribution in [0.5, 0.6) is 0 Å². The van der Waals surface area contributed by atoms with E-state index in [1.807, 2.05) is 26.0 Å². The van der Waals surface area contributed by atoms with E-state index in [2.05, 4.69) is 24.5 Å². The van der Waals surface area contributed by atoms with Crippen LogP contribution < -0.4 is 10.6 Å². The molecule has 0 aliphatic rings. The van der Waals surface area contributed by atoms with Crippen molar-refractivity contribution in [2.75, 3.05) is 13.6 Å². The molecular formula is C16H32N2O2. The Kier molecular flexibility index (Phi) is 15.1. The highest BCUT2D eigenvalue weighted by Crippen LogP contribution is 2.02. The van der Waals surface area contributed by atoms with Crippen LogP contribution >= 0.6 is 0 Å². The van der Waals surface area contributed by atoms with Crippen molar-refractivity contribution in [3.63, 3.8) is 0 Å². The third kappa shape index (κ3) is 13.3. The predicted molar refractivity (Wildman–Crippen MR) is 85.7 cm³/mol. The maximum absolute atomic E-state index is 11.4. The van der Waals surface area contributed by atoms with Crippen LogP contribution in [-0.2, 0) is 9.59 Å². The van der Waals surface area contributed by atoms with Gasteiger partial charge in [-0.05, 0) is 32.7 Å². The molecule has 0 spiro atoms. The normalized spacial score (nSPS) is 11.9. The Morgan fingerprint density at radius 2 is 1.75 bits per heavy atom. The average Bonchev–Trinajstić information content (AvgIpc) is 2.42. The van der Waals surface area contributed by atoms with Crippen molar-refractivity contribution < 1.29 is 9.59 Å². The molecule has 1 unspecified atom stereocenters. The van der Waals surface area contributed by atoms with Crippen molar-refractivity contribution in [1.82, 2.24) is 10.6 Å². The van der Waals surface area contributed by atoms with E-state index in [4.69, 9.17) is 0 Å². The number of carbonyl (C=O) groups excluding carboxylic acids is 2. The number of Topliss-reactive ketones (excluding diaryl/α,β-unsaturated/α-hetero) is 1. The van der Waals surface area contributed by atoms with Crippen LogP contribution in [-0.4, -0.2) is 31.3 Å². The first-order chi connectivity index (χ1) is 9.47. The SMILES string of the molecule is CC.CNC(C/C=C\CNC(=O)CCC(C)C)C(C)=O. The van der Waals surface area contributed by atoms with Crippen LogP contribution in [0.1, 0.15) is 53.9 Å². The first kappa shape index (κ1) is 21.1. The molecule has 0 heterocycles. The quantitative estimate of drug-likeness (QED) is 0.640. The molecule has 0 saturated heterocycles. The maximum atomic E-state index is 11.4. The van der Waals surface area contributed by atoms with Crippen molar-refractivity contribution in [3.05, 3.63) is 12.2 Å². The number of carbonyl (C=O) groups is 2. The molecule has 20 heavy (non-hydrogen) atoms. The summed E-state index contributed by atoms with van der Waals surface area (Å²) >= 11 is 0. The Balaban J connectivity index is 0. The third-order valence-electron chi connectivity index (χ3n) is 2.74. The molecule has 1 atom stereocenters. The second-order valence-electron chi connectivity index (χ2n) is 4.90. The van der Waals surface area contributed by atoms with Gasteiger partial charge in [0.1, 0.15) is 5.78 Å². The van der Waals surface area contributed by atoms with Gasteiger partial charge in [-0.15, -0.1) is 0 Å². The number of hydrogen-bond donors (Lipinski definition) is 2. The molecular weight excluding hydrogens is 252 g/mol. The van der Waals surface area contributed by atoms with E-state index in [1.165, 1.54) is 0 Å². The Bertz CT molecular complexity index is 286. The number of amides is 1. The minimum Gasteiger partial charge on any atom is -0.353 e. The summed E-state index contributed by atoms with van der Waals surface area (Å²) in [5.74, 6) is 0.770. The van der Waals surface area contributed by atoms with E-state index >= 15 is 0 Å². The zero-order valence-corrected chi connectivity index (χ0v) is 14.0. The van der Waals surface area contributed by atoms with E-state index < -0.39 is 0 Å². The minimum absolute atomic E-state index is 0.0880. The summed E-state index contributed by atoms with van der Waals surface area (Å²) in [6.45, 7) is 10.3. The summed E-state index contributed by atoms with van der Waals surface area (Å²) in [4.78, 5) is 22.5. The number of rotatable bonds is 9. The average molecular weight is 284 g/mol. The summed E-state index contributed by atoms with van der Waals surface area (Å²) < 4.78 is 0. The van der Waals surface area contributed by atoms with Gasteiger partial charge in [-0.25, -0.2) is 0 Å². The van der Waals surface area contributed by atoms with Gasteiger partial charge in [0, 0.05) is 13.0 Å². The highest BCUT2D eigenvalue weighted by atomic mass is 16.1. The smallest absolute Gasteiger partial charge is 0.220 e. The molecule has 0 fully saturated rings. The van der Waals surface area contributed by atoms with Gasteiger partial charge in [0.15, 0.2) is 0 Å². The summed E-state index contributed by atoms with van der Waals surface area (Å²) in [7, 11) is 1.77. The Hall–Kier alpha value is -1.16. The fourth-order valence-corrected chi connectivity index (χ4v) is 1.48. The van der Waals surface area contributed by atoms with Gasteiger partial charge in [0.05, 0.1) is 6.04 Å². The first-order valence-electron chi connectivity index (χ1n) is 7.56. The molecule has 0 saturated carbocycles. The summed E-state index contributed by atoms with van der Waals surface area (Å²) in [5.41, 5.74) is 0. The summed E-state index contributed by atoms with van der Waals surface area (Å²) in [6, 6.07) is -0.127. The molecule has 0 aliphatic heterocycles. The second kappa shape index (κ2) is 14.3. The number of hydrogen-bond acceptors (Lipinski definition) is 3. The van der Waals surface area contributed by atoms with Crippen LogP contribution in [0.15, 0.2) is 12.2 Å². The number of ketones is 1. The van der Waals surface area contributed by atoms with Crippen molar-refractivity contribution >= 4 is 11.7 Å². The lowest BCUT2D eigenvalue weighted by Crippen LogP contribution is -2.31. The Morgan fingerprint density at radius 3 is 2.20 bits per heavy atom. The lowest BCUT2D eigenvalue weighted by Gasteiger charge is -2.09. The molecule has 1 amide bonds. The van der Waals surface area contributed by atoms with E-state index in [0.717, 1.165) is 6.42 Å². The minimum atomic E-state index is -0.127. The van der Waals surface area contributed by atoms with E-state index in [0.29, 0.717) is 25.3 Å². The van der Waals surface area contributed by atoms with Gasteiger partial charge in [0.2, 0.25) is 5.91 Å². The third-order valence-corrected chi connectivity index (χ3v) is 2.74. The summed E-state index contributed by atoms with van der Waals surface area (Å²) in [6.07, 6.45) is 5.97. The molecule has 0 aromatic heterocycles. The van der Waals surface area contributed by atoms with E-state index in [1.54, 1.807) is 14.0 Å². The number of likely N-dealkylation sites (N-methyl/N-ethyl adjacent to an activating group) is 1. The fourth-order valence-electron chi connectivity index (χ4n) is 1.48.